The van der Waals surface area contributed by atoms with E-state index in [-0.39, 0.29) is 5.92 Å². The van der Waals surface area contributed by atoms with Crippen LogP contribution in [0.5, 0.6) is 0 Å². The molecular weight excluding hydrogens is 264 g/mol. The third-order valence-electron chi connectivity index (χ3n) is 5.42. The first-order valence-corrected chi connectivity index (χ1v) is 8.84. The van der Waals surface area contributed by atoms with Gasteiger partial charge in [-0.1, -0.05) is 13.3 Å². The molecular formula is C17H24N2S. The summed E-state index contributed by atoms with van der Waals surface area (Å²) in [6.45, 7) is 5.76. The molecule has 1 saturated carbocycles. The van der Waals surface area contributed by atoms with Crippen LogP contribution in [0.2, 0.25) is 0 Å². The minimum atomic E-state index is 0.237. The van der Waals surface area contributed by atoms with Gasteiger partial charge in [-0.2, -0.15) is 5.26 Å². The van der Waals surface area contributed by atoms with Gasteiger partial charge in [0, 0.05) is 23.5 Å². The van der Waals surface area contributed by atoms with E-state index >= 15 is 0 Å². The summed E-state index contributed by atoms with van der Waals surface area (Å²) < 4.78 is 0. The molecule has 3 heteroatoms. The average molecular weight is 288 g/mol. The lowest BCUT2D eigenvalue weighted by Crippen LogP contribution is -2.47. The first kappa shape index (κ1) is 14.1. The second-order valence-electron chi connectivity index (χ2n) is 6.35. The van der Waals surface area contributed by atoms with Gasteiger partial charge in [-0.3, -0.25) is 4.90 Å². The van der Waals surface area contributed by atoms with E-state index in [1.54, 1.807) is 4.88 Å². The van der Waals surface area contributed by atoms with Crippen LogP contribution in [0.15, 0.2) is 11.4 Å². The maximum Gasteiger partial charge on any atom is 0.0672 e. The summed E-state index contributed by atoms with van der Waals surface area (Å²) in [5.74, 6) is 1.06. The number of hydrogen-bond acceptors (Lipinski definition) is 3. The summed E-state index contributed by atoms with van der Waals surface area (Å²) in [4.78, 5) is 4.19. The number of nitrogens with zero attached hydrogens (tertiary/aromatic N) is 2. The van der Waals surface area contributed by atoms with Crippen LogP contribution >= 0.6 is 11.3 Å². The molecule has 0 bridgehead atoms. The Labute approximate surface area is 126 Å². The van der Waals surface area contributed by atoms with Crippen LogP contribution in [0.1, 0.15) is 56.0 Å². The van der Waals surface area contributed by atoms with Gasteiger partial charge in [0.25, 0.3) is 0 Å². The smallest absolute Gasteiger partial charge is 0.0672 e. The van der Waals surface area contributed by atoms with Crippen molar-refractivity contribution in [3.05, 3.63) is 21.9 Å². The third kappa shape index (κ3) is 2.40. The van der Waals surface area contributed by atoms with Crippen LogP contribution < -0.4 is 0 Å². The molecule has 0 saturated heterocycles. The van der Waals surface area contributed by atoms with Gasteiger partial charge in [0.1, 0.15) is 0 Å². The van der Waals surface area contributed by atoms with Gasteiger partial charge >= 0.3 is 0 Å². The van der Waals surface area contributed by atoms with Crippen LogP contribution in [0.4, 0.5) is 0 Å². The second-order valence-corrected chi connectivity index (χ2v) is 7.35. The van der Waals surface area contributed by atoms with E-state index in [1.807, 2.05) is 11.3 Å². The molecule has 1 aromatic rings. The van der Waals surface area contributed by atoms with Gasteiger partial charge in [-0.05, 0) is 55.5 Å². The molecule has 2 nitrogen and oxygen atoms in total. The molecule has 1 aliphatic heterocycles. The summed E-state index contributed by atoms with van der Waals surface area (Å²) in [6.07, 6.45) is 6.00. The van der Waals surface area contributed by atoms with E-state index in [0.29, 0.717) is 12.1 Å². The van der Waals surface area contributed by atoms with E-state index < -0.39 is 0 Å². The Kier molecular flexibility index (Phi) is 4.14. The fourth-order valence-corrected chi connectivity index (χ4v) is 5.06. The molecule has 108 valence electrons. The third-order valence-corrected chi connectivity index (χ3v) is 6.42. The molecule has 0 spiro atoms. The number of nitriles is 1. The van der Waals surface area contributed by atoms with E-state index in [4.69, 9.17) is 0 Å². The van der Waals surface area contributed by atoms with Crippen molar-refractivity contribution in [1.82, 2.24) is 4.90 Å². The van der Waals surface area contributed by atoms with Crippen LogP contribution in [0.25, 0.3) is 0 Å². The Hall–Kier alpha value is -0.850. The van der Waals surface area contributed by atoms with Crippen molar-refractivity contribution in [3.8, 4) is 6.07 Å². The summed E-state index contributed by atoms with van der Waals surface area (Å²) in [5.41, 5.74) is 1.51. The topological polar surface area (TPSA) is 27.0 Å². The fourth-order valence-electron chi connectivity index (χ4n) is 4.10. The summed E-state index contributed by atoms with van der Waals surface area (Å²) in [5, 5.41) is 11.7. The van der Waals surface area contributed by atoms with Crippen molar-refractivity contribution >= 4 is 11.3 Å². The fraction of sp³-hybridized carbons (Fsp3) is 0.706. The van der Waals surface area contributed by atoms with E-state index in [0.717, 1.165) is 18.9 Å². The molecule has 1 aliphatic carbocycles. The minimum absolute atomic E-state index is 0.237. The van der Waals surface area contributed by atoms with Crippen molar-refractivity contribution in [2.24, 2.45) is 11.8 Å². The van der Waals surface area contributed by atoms with Gasteiger partial charge in [0.05, 0.1) is 12.0 Å². The van der Waals surface area contributed by atoms with Crippen LogP contribution in [-0.4, -0.2) is 17.5 Å². The zero-order valence-corrected chi connectivity index (χ0v) is 13.3. The Bertz CT molecular complexity index is 501. The second kappa shape index (κ2) is 5.87. The monoisotopic (exact) mass is 288 g/mol. The lowest BCUT2D eigenvalue weighted by molar-refractivity contribution is 0.0615. The molecule has 0 amide bonds. The maximum absolute atomic E-state index is 9.52. The molecule has 2 heterocycles. The Balaban J connectivity index is 1.82. The molecule has 4 unspecified atom stereocenters. The van der Waals surface area contributed by atoms with Crippen LogP contribution in [0.3, 0.4) is 0 Å². The molecule has 4 atom stereocenters. The lowest BCUT2D eigenvalue weighted by Gasteiger charge is -2.45. The quantitative estimate of drug-likeness (QED) is 0.807. The first-order chi connectivity index (χ1) is 9.74. The van der Waals surface area contributed by atoms with E-state index in [9.17, 15) is 5.26 Å². The maximum atomic E-state index is 9.52. The van der Waals surface area contributed by atoms with E-state index in [1.165, 1.54) is 31.2 Å². The normalized spacial score (nSPS) is 34.5. The van der Waals surface area contributed by atoms with Gasteiger partial charge in [-0.25, -0.2) is 0 Å². The van der Waals surface area contributed by atoms with Crippen molar-refractivity contribution in [2.75, 3.05) is 6.54 Å². The van der Waals surface area contributed by atoms with Crippen LogP contribution in [-0.2, 0) is 6.42 Å². The minimum Gasteiger partial charge on any atom is -0.292 e. The molecule has 0 N–H and O–H groups in total. The average Bonchev–Trinajstić information content (AvgIpc) is 2.96. The molecule has 0 radical (unpaired) electrons. The lowest BCUT2D eigenvalue weighted by atomic mass is 9.76. The predicted octanol–water partition coefficient (Wildman–Crippen LogP) is 4.39. The summed E-state index contributed by atoms with van der Waals surface area (Å²) >= 11 is 1.90. The highest BCUT2D eigenvalue weighted by molar-refractivity contribution is 7.10. The molecule has 0 aromatic carbocycles. The summed E-state index contributed by atoms with van der Waals surface area (Å²) in [7, 11) is 0. The molecule has 20 heavy (non-hydrogen) atoms. The van der Waals surface area contributed by atoms with Gasteiger partial charge < -0.3 is 0 Å². The molecule has 1 fully saturated rings. The standard InChI is InChI=1S/C17H24N2S/c1-3-13-4-5-14(11-18)16(10-13)19-8-6-17-15(12(19)2)7-9-20-17/h7,9,12-14,16H,3-6,8,10H2,1-2H3. The number of thiophene rings is 1. The van der Waals surface area contributed by atoms with Gasteiger partial charge in [-0.15, -0.1) is 11.3 Å². The SMILES string of the molecule is CCC1CCC(C#N)C(N2CCc3sccc3C2C)C1. The van der Waals surface area contributed by atoms with Crippen molar-refractivity contribution in [2.45, 2.75) is 58.0 Å². The number of rotatable bonds is 2. The zero-order chi connectivity index (χ0) is 14.1. The van der Waals surface area contributed by atoms with Crippen molar-refractivity contribution in [3.63, 3.8) is 0 Å². The Morgan fingerprint density at radius 1 is 1.45 bits per heavy atom. The van der Waals surface area contributed by atoms with Crippen molar-refractivity contribution in [1.29, 1.82) is 5.26 Å². The Morgan fingerprint density at radius 2 is 2.30 bits per heavy atom. The van der Waals surface area contributed by atoms with Crippen LogP contribution in [0, 0.1) is 23.2 Å². The van der Waals surface area contributed by atoms with Gasteiger partial charge in [0.15, 0.2) is 0 Å². The highest BCUT2D eigenvalue weighted by Crippen LogP contribution is 2.40. The summed E-state index contributed by atoms with van der Waals surface area (Å²) in [6, 6.07) is 5.85. The first-order valence-electron chi connectivity index (χ1n) is 7.96. The number of fused-ring (bicyclic) bond motifs is 1. The van der Waals surface area contributed by atoms with E-state index in [2.05, 4.69) is 36.3 Å². The zero-order valence-electron chi connectivity index (χ0n) is 12.5. The van der Waals surface area contributed by atoms with Gasteiger partial charge in [0.2, 0.25) is 0 Å². The highest BCUT2D eigenvalue weighted by Gasteiger charge is 2.38. The largest absolute Gasteiger partial charge is 0.292 e. The molecule has 3 rings (SSSR count). The van der Waals surface area contributed by atoms with Crippen molar-refractivity contribution < 1.29 is 0 Å². The number of hydrogen-bond donors (Lipinski definition) is 0. The molecule has 2 aliphatic rings. The Morgan fingerprint density at radius 3 is 3.05 bits per heavy atom. The molecule has 1 aromatic heterocycles. The highest BCUT2D eigenvalue weighted by atomic mass is 32.1. The predicted molar refractivity (Wildman–Crippen MR) is 83.7 cm³/mol.